The lowest BCUT2D eigenvalue weighted by Crippen LogP contribution is -2.05. The van der Waals surface area contributed by atoms with E-state index in [4.69, 9.17) is 4.74 Å². The fourth-order valence-electron chi connectivity index (χ4n) is 2.44. The number of hydrogen-bond acceptors (Lipinski definition) is 4. The summed E-state index contributed by atoms with van der Waals surface area (Å²) >= 11 is 1.49. The Morgan fingerprint density at radius 1 is 1.24 bits per heavy atom. The van der Waals surface area contributed by atoms with Crippen molar-refractivity contribution in [1.82, 2.24) is 0 Å². The van der Waals surface area contributed by atoms with Crippen molar-refractivity contribution in [3.63, 3.8) is 0 Å². The summed E-state index contributed by atoms with van der Waals surface area (Å²) in [5, 5.41) is 4.71. The highest BCUT2D eigenvalue weighted by Gasteiger charge is 2.15. The quantitative estimate of drug-likeness (QED) is 0.748. The van der Waals surface area contributed by atoms with Gasteiger partial charge in [0.05, 0.1) is 17.5 Å². The molecular weight excluding hydrogens is 286 g/mol. The maximum atomic E-state index is 11.3. The number of nitrogens with one attached hydrogen (secondary N) is 1. The molecule has 106 valence electrons. The molecule has 0 aliphatic rings. The van der Waals surface area contributed by atoms with Crippen LogP contribution in [0.4, 0.5) is 5.69 Å². The predicted molar refractivity (Wildman–Crippen MR) is 85.6 cm³/mol. The van der Waals surface area contributed by atoms with E-state index in [1.807, 2.05) is 18.2 Å². The van der Waals surface area contributed by atoms with Gasteiger partial charge >= 0.3 is 0 Å². The molecule has 0 saturated carbocycles. The number of methoxy groups -OCH3 is 1. The van der Waals surface area contributed by atoms with Crippen molar-refractivity contribution in [3.05, 3.63) is 35.9 Å². The van der Waals surface area contributed by atoms with Crippen molar-refractivity contribution >= 4 is 49.4 Å². The van der Waals surface area contributed by atoms with Crippen LogP contribution in [-0.2, 0) is 4.79 Å². The summed E-state index contributed by atoms with van der Waals surface area (Å²) in [4.78, 5) is 22.6. The van der Waals surface area contributed by atoms with Crippen LogP contribution in [0.5, 0.6) is 5.75 Å². The van der Waals surface area contributed by atoms with Crippen molar-refractivity contribution in [3.8, 4) is 5.75 Å². The second-order valence-corrected chi connectivity index (χ2v) is 5.67. The van der Waals surface area contributed by atoms with Crippen molar-refractivity contribution in [2.24, 2.45) is 0 Å². The van der Waals surface area contributed by atoms with Gasteiger partial charge in [0.25, 0.3) is 0 Å². The van der Waals surface area contributed by atoms with Gasteiger partial charge in [0.2, 0.25) is 5.91 Å². The maximum absolute atomic E-state index is 11.3. The minimum atomic E-state index is -0.123. The first-order valence-corrected chi connectivity index (χ1v) is 7.22. The van der Waals surface area contributed by atoms with Crippen molar-refractivity contribution in [2.75, 3.05) is 12.4 Å². The summed E-state index contributed by atoms with van der Waals surface area (Å²) in [7, 11) is 1.61. The first-order valence-electron chi connectivity index (χ1n) is 6.40. The lowest BCUT2D eigenvalue weighted by Gasteiger charge is -2.04. The number of hydrogen-bond donors (Lipinski definition) is 1. The molecule has 4 nitrogen and oxygen atoms in total. The van der Waals surface area contributed by atoms with Crippen LogP contribution in [0.2, 0.25) is 0 Å². The molecule has 1 heterocycles. The van der Waals surface area contributed by atoms with E-state index in [1.165, 1.54) is 18.3 Å². The Balaban J connectivity index is 2.44. The third-order valence-electron chi connectivity index (χ3n) is 3.30. The monoisotopic (exact) mass is 299 g/mol. The summed E-state index contributed by atoms with van der Waals surface area (Å²) in [6, 6.07) is 9.25. The highest BCUT2D eigenvalue weighted by molar-refractivity contribution is 7.26. The number of anilines is 1. The molecule has 1 aromatic heterocycles. The SMILES string of the molecule is COc1ccc(C=O)c2sc3c(NC(C)=O)cccc3c12. The van der Waals surface area contributed by atoms with Gasteiger partial charge < -0.3 is 10.1 Å². The largest absolute Gasteiger partial charge is 0.496 e. The molecule has 0 aliphatic carbocycles. The second kappa shape index (κ2) is 5.18. The lowest BCUT2D eigenvalue weighted by atomic mass is 10.1. The Bertz CT molecular complexity index is 867. The molecule has 0 radical (unpaired) electrons. The molecule has 0 bridgehead atoms. The van der Waals surface area contributed by atoms with Crippen LogP contribution >= 0.6 is 11.3 Å². The molecule has 1 amide bonds. The molecule has 0 aliphatic heterocycles. The average Bonchev–Trinajstić information content (AvgIpc) is 2.86. The number of benzene rings is 2. The molecule has 3 aromatic rings. The lowest BCUT2D eigenvalue weighted by molar-refractivity contribution is -0.114. The highest BCUT2D eigenvalue weighted by Crippen LogP contribution is 2.43. The normalized spacial score (nSPS) is 10.8. The summed E-state index contributed by atoms with van der Waals surface area (Å²) in [6.45, 7) is 1.48. The minimum absolute atomic E-state index is 0.123. The van der Waals surface area contributed by atoms with Gasteiger partial charge in [-0.15, -0.1) is 11.3 Å². The molecule has 2 aromatic carbocycles. The Morgan fingerprint density at radius 3 is 2.71 bits per heavy atom. The molecule has 0 unspecified atom stereocenters. The molecule has 21 heavy (non-hydrogen) atoms. The smallest absolute Gasteiger partial charge is 0.221 e. The Kier molecular flexibility index (Phi) is 3.35. The average molecular weight is 299 g/mol. The number of thiophene rings is 1. The molecule has 0 spiro atoms. The predicted octanol–water partition coefficient (Wildman–Crippen LogP) is 3.83. The summed E-state index contributed by atoms with van der Waals surface area (Å²) in [5.74, 6) is 0.601. The van der Waals surface area contributed by atoms with E-state index in [-0.39, 0.29) is 5.91 Å². The summed E-state index contributed by atoms with van der Waals surface area (Å²) < 4.78 is 7.23. The number of carbonyl (C=O) groups excluding carboxylic acids is 2. The zero-order valence-electron chi connectivity index (χ0n) is 11.6. The van der Waals surface area contributed by atoms with Gasteiger partial charge in [-0.1, -0.05) is 12.1 Å². The molecule has 0 saturated heterocycles. The molecule has 0 atom stereocenters. The third kappa shape index (κ3) is 2.15. The van der Waals surface area contributed by atoms with Crippen LogP contribution in [0.1, 0.15) is 17.3 Å². The number of ether oxygens (including phenoxy) is 1. The summed E-state index contributed by atoms with van der Waals surface area (Å²) in [6.07, 6.45) is 0.842. The van der Waals surface area contributed by atoms with E-state index < -0.39 is 0 Å². The van der Waals surface area contributed by atoms with Crippen LogP contribution < -0.4 is 10.1 Å². The standard InChI is InChI=1S/C16H13NO3S/c1-9(19)17-12-5-3-4-11-14-13(20-2)7-6-10(8-18)15(14)21-16(11)12/h3-8H,1-2H3,(H,17,19). The van der Waals surface area contributed by atoms with Crippen LogP contribution in [0.15, 0.2) is 30.3 Å². The number of amides is 1. The molecule has 0 fully saturated rings. The minimum Gasteiger partial charge on any atom is -0.496 e. The van der Waals surface area contributed by atoms with E-state index >= 15 is 0 Å². The maximum Gasteiger partial charge on any atom is 0.221 e. The zero-order valence-corrected chi connectivity index (χ0v) is 12.4. The topological polar surface area (TPSA) is 55.4 Å². The number of carbonyl (C=O) groups is 2. The van der Waals surface area contributed by atoms with Gasteiger partial charge in [-0.25, -0.2) is 0 Å². The van der Waals surface area contributed by atoms with Crippen molar-refractivity contribution in [1.29, 1.82) is 0 Å². The van der Waals surface area contributed by atoms with E-state index in [0.717, 1.165) is 37.9 Å². The van der Waals surface area contributed by atoms with Crippen LogP contribution in [-0.4, -0.2) is 19.3 Å². The van der Waals surface area contributed by atoms with Gasteiger partial charge in [0.1, 0.15) is 5.75 Å². The number of rotatable bonds is 3. The fourth-order valence-corrected chi connectivity index (χ4v) is 3.70. The summed E-state index contributed by atoms with van der Waals surface area (Å²) in [5.41, 5.74) is 1.38. The number of fused-ring (bicyclic) bond motifs is 3. The first-order chi connectivity index (χ1) is 10.2. The van der Waals surface area contributed by atoms with Gasteiger partial charge in [0, 0.05) is 28.0 Å². The Labute approximate surface area is 125 Å². The van der Waals surface area contributed by atoms with E-state index in [1.54, 1.807) is 19.2 Å². The van der Waals surface area contributed by atoms with E-state index in [2.05, 4.69) is 5.32 Å². The van der Waals surface area contributed by atoms with Crippen molar-refractivity contribution < 1.29 is 14.3 Å². The van der Waals surface area contributed by atoms with Gasteiger partial charge in [0.15, 0.2) is 6.29 Å². The first kappa shape index (κ1) is 13.6. The van der Waals surface area contributed by atoms with Gasteiger partial charge in [-0.3, -0.25) is 9.59 Å². The zero-order chi connectivity index (χ0) is 15.0. The number of aldehydes is 1. The third-order valence-corrected chi connectivity index (χ3v) is 4.58. The molecular formula is C16H13NO3S. The molecule has 3 rings (SSSR count). The molecule has 1 N–H and O–H groups in total. The Hall–Kier alpha value is -2.40. The van der Waals surface area contributed by atoms with E-state index in [9.17, 15) is 9.59 Å². The van der Waals surface area contributed by atoms with Crippen LogP contribution in [0.3, 0.4) is 0 Å². The van der Waals surface area contributed by atoms with Crippen LogP contribution in [0, 0.1) is 0 Å². The fraction of sp³-hybridized carbons (Fsp3) is 0.125. The second-order valence-electron chi connectivity index (χ2n) is 4.64. The Morgan fingerprint density at radius 2 is 2.05 bits per heavy atom. The van der Waals surface area contributed by atoms with Gasteiger partial charge in [-0.2, -0.15) is 0 Å². The highest BCUT2D eigenvalue weighted by atomic mass is 32.1. The van der Waals surface area contributed by atoms with Gasteiger partial charge in [-0.05, 0) is 18.2 Å². The van der Waals surface area contributed by atoms with Crippen molar-refractivity contribution in [2.45, 2.75) is 6.92 Å². The van der Waals surface area contributed by atoms with E-state index in [0.29, 0.717) is 5.56 Å². The molecule has 5 heteroatoms. The van der Waals surface area contributed by atoms with Crippen LogP contribution in [0.25, 0.3) is 20.2 Å².